The highest BCUT2D eigenvalue weighted by molar-refractivity contribution is 6.30. The summed E-state index contributed by atoms with van der Waals surface area (Å²) in [5.74, 6) is 1.91. The minimum absolute atomic E-state index is 0.262. The van der Waals surface area contributed by atoms with E-state index in [9.17, 15) is 0 Å². The van der Waals surface area contributed by atoms with Gasteiger partial charge in [0.1, 0.15) is 5.75 Å². The summed E-state index contributed by atoms with van der Waals surface area (Å²) >= 11 is 5.86. The Balaban J connectivity index is 1.61. The number of halogens is 1. The van der Waals surface area contributed by atoms with Gasteiger partial charge in [-0.05, 0) is 36.2 Å². The molecule has 0 aliphatic carbocycles. The van der Waals surface area contributed by atoms with Crippen molar-refractivity contribution in [1.82, 2.24) is 10.1 Å². The third kappa shape index (κ3) is 3.65. The van der Waals surface area contributed by atoms with Gasteiger partial charge in [-0.25, -0.2) is 0 Å². The molecular weight excluding hydrogens is 300 g/mol. The van der Waals surface area contributed by atoms with Gasteiger partial charge in [-0.15, -0.1) is 0 Å². The maximum Gasteiger partial charge on any atom is 0.264 e. The number of ether oxygens (including phenoxy) is 1. The molecule has 112 valence electrons. The van der Waals surface area contributed by atoms with Gasteiger partial charge in [0, 0.05) is 11.4 Å². The van der Waals surface area contributed by atoms with Crippen molar-refractivity contribution in [2.75, 3.05) is 0 Å². The zero-order valence-electron chi connectivity index (χ0n) is 12.1. The molecule has 0 fully saturated rings. The maximum atomic E-state index is 5.86. The van der Waals surface area contributed by atoms with Gasteiger partial charge >= 0.3 is 0 Å². The minimum atomic E-state index is 0.262. The number of aryl methyl sites for hydroxylation is 1. The third-order valence-corrected chi connectivity index (χ3v) is 3.48. The second-order valence-electron chi connectivity index (χ2n) is 4.96. The summed E-state index contributed by atoms with van der Waals surface area (Å²) in [7, 11) is 0. The fourth-order valence-electron chi connectivity index (χ4n) is 2.06. The summed E-state index contributed by atoms with van der Waals surface area (Å²) in [4.78, 5) is 4.34. The molecule has 0 aliphatic rings. The second kappa shape index (κ2) is 6.62. The standard InChI is InChI=1S/C17H15ClN2O2/c1-12-4-2-3-5-15(12)21-11-17-19-16(20-22-17)10-13-6-8-14(18)9-7-13/h2-9H,10-11H2,1H3. The lowest BCUT2D eigenvalue weighted by Crippen LogP contribution is -1.98. The first-order valence-electron chi connectivity index (χ1n) is 6.95. The lowest BCUT2D eigenvalue weighted by Gasteiger charge is -2.05. The van der Waals surface area contributed by atoms with Crippen molar-refractivity contribution in [1.29, 1.82) is 0 Å². The molecule has 0 atom stereocenters. The van der Waals surface area contributed by atoms with Gasteiger partial charge in [-0.1, -0.05) is 47.1 Å². The Morgan fingerprint density at radius 3 is 2.64 bits per heavy atom. The Bertz CT molecular complexity index is 753. The molecule has 0 aliphatic heterocycles. The number of benzene rings is 2. The van der Waals surface area contributed by atoms with Crippen molar-refractivity contribution < 1.29 is 9.26 Å². The first kappa shape index (κ1) is 14.6. The van der Waals surface area contributed by atoms with Gasteiger partial charge in [0.2, 0.25) is 0 Å². The largest absolute Gasteiger partial charge is 0.483 e. The van der Waals surface area contributed by atoms with Crippen LogP contribution < -0.4 is 4.74 Å². The van der Waals surface area contributed by atoms with Crippen molar-refractivity contribution in [2.45, 2.75) is 20.0 Å². The highest BCUT2D eigenvalue weighted by Gasteiger charge is 2.08. The van der Waals surface area contributed by atoms with E-state index in [0.29, 0.717) is 23.2 Å². The van der Waals surface area contributed by atoms with E-state index in [-0.39, 0.29) is 6.61 Å². The molecule has 5 heteroatoms. The summed E-state index contributed by atoms with van der Waals surface area (Å²) in [6, 6.07) is 15.4. The van der Waals surface area contributed by atoms with Crippen molar-refractivity contribution in [3.05, 3.63) is 76.4 Å². The van der Waals surface area contributed by atoms with E-state index < -0.39 is 0 Å². The van der Waals surface area contributed by atoms with Crippen LogP contribution in [-0.4, -0.2) is 10.1 Å². The van der Waals surface area contributed by atoms with Crippen LogP contribution in [0.5, 0.6) is 5.75 Å². The molecule has 0 saturated carbocycles. The van der Waals surface area contributed by atoms with Crippen molar-refractivity contribution in [3.63, 3.8) is 0 Å². The van der Waals surface area contributed by atoms with Gasteiger partial charge in [-0.2, -0.15) is 4.98 Å². The van der Waals surface area contributed by atoms with E-state index in [1.807, 2.05) is 55.5 Å². The fraction of sp³-hybridized carbons (Fsp3) is 0.176. The lowest BCUT2D eigenvalue weighted by molar-refractivity contribution is 0.241. The van der Waals surface area contributed by atoms with Crippen LogP contribution in [0.25, 0.3) is 0 Å². The Morgan fingerprint density at radius 2 is 1.86 bits per heavy atom. The van der Waals surface area contributed by atoms with Crippen molar-refractivity contribution >= 4 is 11.6 Å². The molecule has 0 unspecified atom stereocenters. The second-order valence-corrected chi connectivity index (χ2v) is 5.40. The van der Waals surface area contributed by atoms with E-state index in [1.165, 1.54) is 0 Å². The lowest BCUT2D eigenvalue weighted by atomic mass is 10.1. The Morgan fingerprint density at radius 1 is 1.09 bits per heavy atom. The van der Waals surface area contributed by atoms with E-state index in [2.05, 4.69) is 10.1 Å². The van der Waals surface area contributed by atoms with Crippen LogP contribution in [0.3, 0.4) is 0 Å². The molecule has 0 N–H and O–H groups in total. The average molecular weight is 315 g/mol. The molecule has 2 aromatic carbocycles. The first-order chi connectivity index (χ1) is 10.7. The SMILES string of the molecule is Cc1ccccc1OCc1nc(Cc2ccc(Cl)cc2)no1. The molecule has 22 heavy (non-hydrogen) atoms. The van der Waals surface area contributed by atoms with Gasteiger partial charge < -0.3 is 9.26 Å². The molecule has 0 spiro atoms. The van der Waals surface area contributed by atoms with E-state index >= 15 is 0 Å². The molecular formula is C17H15ClN2O2. The van der Waals surface area contributed by atoms with Crippen LogP contribution in [0.1, 0.15) is 22.8 Å². The van der Waals surface area contributed by atoms with Crippen molar-refractivity contribution in [2.24, 2.45) is 0 Å². The molecule has 0 amide bonds. The topological polar surface area (TPSA) is 48.2 Å². The van der Waals surface area contributed by atoms with E-state index in [0.717, 1.165) is 16.9 Å². The summed E-state index contributed by atoms with van der Waals surface area (Å²) < 4.78 is 10.9. The normalized spacial score (nSPS) is 10.6. The maximum absolute atomic E-state index is 5.86. The highest BCUT2D eigenvalue weighted by atomic mass is 35.5. The number of nitrogens with zero attached hydrogens (tertiary/aromatic N) is 2. The molecule has 0 radical (unpaired) electrons. The Hall–Kier alpha value is -2.33. The predicted octanol–water partition coefficient (Wildman–Crippen LogP) is 4.20. The quantitative estimate of drug-likeness (QED) is 0.708. The molecule has 4 nitrogen and oxygen atoms in total. The summed E-state index contributed by atoms with van der Waals surface area (Å²) in [6.07, 6.45) is 0.602. The summed E-state index contributed by atoms with van der Waals surface area (Å²) in [6.45, 7) is 2.26. The van der Waals surface area contributed by atoms with E-state index in [1.54, 1.807) is 0 Å². The van der Waals surface area contributed by atoms with Gasteiger partial charge in [0.15, 0.2) is 12.4 Å². The smallest absolute Gasteiger partial charge is 0.264 e. The minimum Gasteiger partial charge on any atom is -0.483 e. The van der Waals surface area contributed by atoms with Crippen LogP contribution in [0.15, 0.2) is 53.1 Å². The molecule has 3 aromatic rings. The number of hydrogen-bond donors (Lipinski definition) is 0. The van der Waals surface area contributed by atoms with Crippen LogP contribution in [0.4, 0.5) is 0 Å². The Labute approximate surface area is 133 Å². The van der Waals surface area contributed by atoms with E-state index in [4.69, 9.17) is 20.9 Å². The monoisotopic (exact) mass is 314 g/mol. The van der Waals surface area contributed by atoms with Crippen LogP contribution in [0.2, 0.25) is 5.02 Å². The van der Waals surface area contributed by atoms with Crippen LogP contribution in [0, 0.1) is 6.92 Å². The first-order valence-corrected chi connectivity index (χ1v) is 7.33. The van der Waals surface area contributed by atoms with Gasteiger partial charge in [0.25, 0.3) is 5.89 Å². The van der Waals surface area contributed by atoms with Gasteiger partial charge in [0.05, 0.1) is 0 Å². The number of hydrogen-bond acceptors (Lipinski definition) is 4. The van der Waals surface area contributed by atoms with Crippen LogP contribution in [-0.2, 0) is 13.0 Å². The summed E-state index contributed by atoms with van der Waals surface area (Å²) in [5, 5.41) is 4.68. The molecule has 0 bridgehead atoms. The molecule has 3 rings (SSSR count). The molecule has 0 saturated heterocycles. The zero-order chi connectivity index (χ0) is 15.4. The van der Waals surface area contributed by atoms with Gasteiger partial charge in [-0.3, -0.25) is 0 Å². The highest BCUT2D eigenvalue weighted by Crippen LogP contribution is 2.18. The Kier molecular flexibility index (Phi) is 4.39. The number of aromatic nitrogens is 2. The summed E-state index contributed by atoms with van der Waals surface area (Å²) in [5.41, 5.74) is 2.15. The van der Waals surface area contributed by atoms with Crippen molar-refractivity contribution in [3.8, 4) is 5.75 Å². The zero-order valence-corrected chi connectivity index (χ0v) is 12.9. The number of para-hydroxylation sites is 1. The molecule has 1 heterocycles. The van der Waals surface area contributed by atoms with Crippen LogP contribution >= 0.6 is 11.6 Å². The molecule has 1 aromatic heterocycles. The predicted molar refractivity (Wildman–Crippen MR) is 84.1 cm³/mol. The average Bonchev–Trinajstić information content (AvgIpc) is 2.96. The third-order valence-electron chi connectivity index (χ3n) is 3.23. The fourth-order valence-corrected chi connectivity index (χ4v) is 2.19. The number of rotatable bonds is 5.